The molecule has 0 aliphatic carbocycles. The summed E-state index contributed by atoms with van der Waals surface area (Å²) < 4.78 is 0. The number of carboxylic acid groups (broad SMARTS) is 1. The van der Waals surface area contributed by atoms with Crippen LogP contribution in [0.5, 0.6) is 0 Å². The standard InChI is InChI=1S/C21H18N2O3.ClH/c1-14-20(21(26)17-5-3-2-4-6-17)23-18(22-14)13-16-9-7-15(8-10-16)11-12-19(24)25;/h2-12H,13H2,1H3,(H,22,23)(H,24,25);1H/b12-11+;. The third kappa shape index (κ3) is 5.15. The summed E-state index contributed by atoms with van der Waals surface area (Å²) in [6.07, 6.45) is 3.21. The number of H-pyrrole nitrogens is 1. The molecular weight excluding hydrogens is 364 g/mol. The fourth-order valence-electron chi connectivity index (χ4n) is 2.66. The Morgan fingerprint density at radius 3 is 2.37 bits per heavy atom. The second-order valence-corrected chi connectivity index (χ2v) is 5.94. The summed E-state index contributed by atoms with van der Waals surface area (Å²) >= 11 is 0. The molecule has 5 nitrogen and oxygen atoms in total. The minimum atomic E-state index is -0.976. The molecule has 27 heavy (non-hydrogen) atoms. The summed E-state index contributed by atoms with van der Waals surface area (Å²) in [6.45, 7) is 1.84. The number of aryl methyl sites for hydroxylation is 1. The monoisotopic (exact) mass is 382 g/mol. The van der Waals surface area contributed by atoms with Gasteiger partial charge in [-0.05, 0) is 24.1 Å². The summed E-state index contributed by atoms with van der Waals surface area (Å²) in [7, 11) is 0. The van der Waals surface area contributed by atoms with Crippen LogP contribution in [-0.2, 0) is 11.2 Å². The highest BCUT2D eigenvalue weighted by molar-refractivity contribution is 6.08. The Bertz CT molecular complexity index is 961. The van der Waals surface area contributed by atoms with Gasteiger partial charge in [0.15, 0.2) is 0 Å². The van der Waals surface area contributed by atoms with Gasteiger partial charge in [-0.1, -0.05) is 54.6 Å². The molecule has 0 bridgehead atoms. The first-order valence-corrected chi connectivity index (χ1v) is 8.18. The lowest BCUT2D eigenvalue weighted by atomic mass is 10.1. The van der Waals surface area contributed by atoms with Crippen molar-refractivity contribution in [2.75, 3.05) is 0 Å². The first-order valence-electron chi connectivity index (χ1n) is 8.18. The molecule has 1 aromatic heterocycles. The molecule has 3 aromatic rings. The van der Waals surface area contributed by atoms with E-state index in [1.165, 1.54) is 0 Å². The SMILES string of the molecule is Cc1[nH]c(Cc2ccc(/C=C/C(=O)O)cc2)nc1C(=O)c1ccccc1.Cl. The van der Waals surface area contributed by atoms with Crippen molar-refractivity contribution in [3.63, 3.8) is 0 Å². The molecule has 0 aliphatic rings. The van der Waals surface area contributed by atoms with E-state index in [4.69, 9.17) is 5.11 Å². The number of aromatic amines is 1. The number of rotatable bonds is 6. The van der Waals surface area contributed by atoms with Crippen molar-refractivity contribution in [1.29, 1.82) is 0 Å². The van der Waals surface area contributed by atoms with E-state index in [2.05, 4.69) is 9.97 Å². The first kappa shape index (κ1) is 20.1. The van der Waals surface area contributed by atoms with E-state index in [0.717, 1.165) is 28.7 Å². The van der Waals surface area contributed by atoms with E-state index in [9.17, 15) is 9.59 Å². The molecule has 0 amide bonds. The Morgan fingerprint density at radius 1 is 1.07 bits per heavy atom. The second kappa shape index (κ2) is 8.96. The van der Waals surface area contributed by atoms with Crippen molar-refractivity contribution in [2.45, 2.75) is 13.3 Å². The maximum atomic E-state index is 12.6. The summed E-state index contributed by atoms with van der Waals surface area (Å²) in [4.78, 5) is 30.8. The van der Waals surface area contributed by atoms with Gasteiger partial charge >= 0.3 is 5.97 Å². The Hall–Kier alpha value is -3.18. The molecule has 0 unspecified atom stereocenters. The number of halogens is 1. The van der Waals surface area contributed by atoms with Crippen LogP contribution in [0.3, 0.4) is 0 Å². The number of ketones is 1. The molecule has 2 aromatic carbocycles. The van der Waals surface area contributed by atoms with Crippen molar-refractivity contribution in [3.8, 4) is 0 Å². The molecule has 2 N–H and O–H groups in total. The number of hydrogen-bond donors (Lipinski definition) is 2. The number of carbonyl (C=O) groups excluding carboxylic acids is 1. The Kier molecular flexibility index (Phi) is 6.68. The third-order valence-corrected chi connectivity index (χ3v) is 3.95. The van der Waals surface area contributed by atoms with Gasteiger partial charge in [-0.2, -0.15) is 0 Å². The summed E-state index contributed by atoms with van der Waals surface area (Å²) in [5, 5.41) is 8.65. The van der Waals surface area contributed by atoms with Gasteiger partial charge in [-0.15, -0.1) is 12.4 Å². The van der Waals surface area contributed by atoms with Gasteiger partial charge in [0, 0.05) is 23.8 Å². The number of carbonyl (C=O) groups is 2. The topological polar surface area (TPSA) is 83.1 Å². The van der Waals surface area contributed by atoms with Gasteiger partial charge in [0.25, 0.3) is 0 Å². The predicted octanol–water partition coefficient (Wildman–Crippen LogP) is 4.06. The average Bonchev–Trinajstić information content (AvgIpc) is 3.01. The number of aliphatic carboxylic acids is 1. The number of imidazole rings is 1. The van der Waals surface area contributed by atoms with Crippen LogP contribution >= 0.6 is 12.4 Å². The molecule has 3 rings (SSSR count). The Labute approximate surface area is 163 Å². The third-order valence-electron chi connectivity index (χ3n) is 3.95. The van der Waals surface area contributed by atoms with Gasteiger partial charge in [-0.3, -0.25) is 4.79 Å². The number of nitrogens with zero attached hydrogens (tertiary/aromatic N) is 1. The molecule has 0 radical (unpaired) electrons. The number of nitrogens with one attached hydrogen (secondary N) is 1. The lowest BCUT2D eigenvalue weighted by Gasteiger charge is -2.00. The molecule has 0 saturated carbocycles. The van der Waals surface area contributed by atoms with Crippen molar-refractivity contribution < 1.29 is 14.7 Å². The van der Waals surface area contributed by atoms with Crippen molar-refractivity contribution in [2.24, 2.45) is 0 Å². The van der Waals surface area contributed by atoms with E-state index in [1.807, 2.05) is 49.4 Å². The molecule has 1 heterocycles. The van der Waals surface area contributed by atoms with E-state index in [1.54, 1.807) is 18.2 Å². The number of benzene rings is 2. The van der Waals surface area contributed by atoms with Crippen LogP contribution in [0, 0.1) is 6.92 Å². The fourth-order valence-corrected chi connectivity index (χ4v) is 2.66. The second-order valence-electron chi connectivity index (χ2n) is 5.94. The van der Waals surface area contributed by atoms with Gasteiger partial charge in [-0.25, -0.2) is 9.78 Å². The number of hydrogen-bond acceptors (Lipinski definition) is 3. The molecule has 0 aliphatic heterocycles. The average molecular weight is 383 g/mol. The van der Waals surface area contributed by atoms with E-state index >= 15 is 0 Å². The van der Waals surface area contributed by atoms with Gasteiger partial charge in [0.05, 0.1) is 0 Å². The van der Waals surface area contributed by atoms with Gasteiger partial charge < -0.3 is 10.1 Å². The zero-order chi connectivity index (χ0) is 18.5. The predicted molar refractivity (Wildman–Crippen MR) is 106 cm³/mol. The van der Waals surface area contributed by atoms with Crippen LogP contribution in [-0.4, -0.2) is 26.8 Å². The van der Waals surface area contributed by atoms with Crippen LogP contribution in [0.25, 0.3) is 6.08 Å². The Morgan fingerprint density at radius 2 is 1.74 bits per heavy atom. The van der Waals surface area contributed by atoms with Crippen LogP contribution in [0.15, 0.2) is 60.7 Å². The molecular formula is C21H19ClN2O3. The highest BCUT2D eigenvalue weighted by Crippen LogP contribution is 2.15. The van der Waals surface area contributed by atoms with Crippen LogP contribution in [0.2, 0.25) is 0 Å². The first-order chi connectivity index (χ1) is 12.5. The molecule has 0 fully saturated rings. The largest absolute Gasteiger partial charge is 0.478 e. The summed E-state index contributed by atoms with van der Waals surface area (Å²) in [6, 6.07) is 16.6. The van der Waals surface area contributed by atoms with E-state index in [-0.39, 0.29) is 18.2 Å². The van der Waals surface area contributed by atoms with E-state index in [0.29, 0.717) is 17.7 Å². The Balaban J connectivity index is 0.00000261. The van der Waals surface area contributed by atoms with Gasteiger partial charge in [0.2, 0.25) is 5.78 Å². The molecule has 0 spiro atoms. The molecule has 138 valence electrons. The molecule has 6 heteroatoms. The lowest BCUT2D eigenvalue weighted by molar-refractivity contribution is -0.131. The summed E-state index contributed by atoms with van der Waals surface area (Å²) in [5.41, 5.74) is 3.63. The number of carboxylic acids is 1. The smallest absolute Gasteiger partial charge is 0.328 e. The van der Waals surface area contributed by atoms with Crippen LogP contribution < -0.4 is 0 Å². The quantitative estimate of drug-likeness (QED) is 0.497. The zero-order valence-electron chi connectivity index (χ0n) is 14.7. The van der Waals surface area contributed by atoms with Crippen molar-refractivity contribution in [1.82, 2.24) is 9.97 Å². The van der Waals surface area contributed by atoms with Crippen LogP contribution in [0.4, 0.5) is 0 Å². The minimum Gasteiger partial charge on any atom is -0.478 e. The fraction of sp³-hybridized carbons (Fsp3) is 0.0952. The highest BCUT2D eigenvalue weighted by Gasteiger charge is 2.16. The van der Waals surface area contributed by atoms with Crippen molar-refractivity contribution in [3.05, 3.63) is 94.6 Å². The lowest BCUT2D eigenvalue weighted by Crippen LogP contribution is -2.03. The van der Waals surface area contributed by atoms with E-state index < -0.39 is 5.97 Å². The highest BCUT2D eigenvalue weighted by atomic mass is 35.5. The summed E-state index contributed by atoms with van der Waals surface area (Å²) in [5.74, 6) is -0.355. The molecule has 0 saturated heterocycles. The van der Waals surface area contributed by atoms with Gasteiger partial charge in [0.1, 0.15) is 11.5 Å². The zero-order valence-corrected chi connectivity index (χ0v) is 15.5. The normalized spacial score (nSPS) is 10.6. The maximum Gasteiger partial charge on any atom is 0.328 e. The minimum absolute atomic E-state index is 0. The van der Waals surface area contributed by atoms with Crippen molar-refractivity contribution >= 4 is 30.2 Å². The van der Waals surface area contributed by atoms with Crippen LogP contribution in [0.1, 0.15) is 38.7 Å². The number of aromatic nitrogens is 2. The molecule has 0 atom stereocenters. The maximum absolute atomic E-state index is 12.6.